The zero-order valence-corrected chi connectivity index (χ0v) is 15.0. The topological polar surface area (TPSA) is 38.8 Å². The maximum absolute atomic E-state index is 13.7. The summed E-state index contributed by atoms with van der Waals surface area (Å²) in [4.78, 5) is 13.1. The standard InChI is InChI=1S/C24H29NO3/c1-27-22-14-19-13-20(24(26)21(19)15-23(22)28-2)12-17-8-10-25(11-9-17)16-18-6-4-3-5-7-18/h3-7,14-15,17,20H,8-13,16H2,1-2H3/i3D,4D,5D,6D,7D,8D2,9D2,10D2,11D2,13D2,16D2,17D,20D. The molecule has 1 fully saturated rings. The molecule has 0 N–H and O–H groups in total. The Kier molecular flexibility index (Phi) is 2.05. The van der Waals surface area contributed by atoms with Gasteiger partial charge in [0.25, 0.3) is 0 Å². The Hall–Kier alpha value is -2.33. The lowest BCUT2D eigenvalue weighted by molar-refractivity contribution is 0.0895. The van der Waals surface area contributed by atoms with Crippen LogP contribution in [0.3, 0.4) is 0 Å². The molecule has 1 unspecified atom stereocenters. The van der Waals surface area contributed by atoms with Crippen LogP contribution in [0.15, 0.2) is 42.3 Å². The molecular weight excluding hydrogens is 350 g/mol. The second-order valence-electron chi connectivity index (χ2n) is 5.76. The second-order valence-corrected chi connectivity index (χ2v) is 5.76. The van der Waals surface area contributed by atoms with Gasteiger partial charge in [0.2, 0.25) is 0 Å². The van der Waals surface area contributed by atoms with Crippen LogP contribution >= 0.6 is 0 Å². The molecule has 4 rings (SSSR count). The summed E-state index contributed by atoms with van der Waals surface area (Å²) in [5, 5.41) is 0. The summed E-state index contributed by atoms with van der Waals surface area (Å²) in [7, 11) is 2.41. The molecule has 2 aromatic carbocycles. The van der Waals surface area contributed by atoms with E-state index in [9.17, 15) is 4.79 Å². The molecule has 2 aliphatic rings. The van der Waals surface area contributed by atoms with Gasteiger partial charge in [-0.05, 0) is 67.7 Å². The van der Waals surface area contributed by atoms with Crippen LogP contribution in [0.5, 0.6) is 11.5 Å². The largest absolute Gasteiger partial charge is 0.493 e. The molecule has 28 heavy (non-hydrogen) atoms. The molecule has 0 bridgehead atoms. The van der Waals surface area contributed by atoms with Crippen molar-refractivity contribution in [3.63, 3.8) is 0 Å². The molecule has 4 heteroatoms. The van der Waals surface area contributed by atoms with E-state index in [4.69, 9.17) is 35.5 Å². The fourth-order valence-electron chi connectivity index (χ4n) is 2.72. The van der Waals surface area contributed by atoms with Crippen molar-refractivity contribution >= 4 is 5.78 Å². The normalized spacial score (nSPS) is 43.4. The van der Waals surface area contributed by atoms with Crippen molar-refractivity contribution in [2.24, 2.45) is 11.8 Å². The predicted octanol–water partition coefficient (Wildman–Crippen LogP) is 4.36. The lowest BCUT2D eigenvalue weighted by atomic mass is 9.85. The van der Waals surface area contributed by atoms with Gasteiger partial charge in [-0.1, -0.05) is 30.2 Å². The fraction of sp³-hybridized carbons (Fsp3) is 0.458. The number of likely N-dealkylation sites (tertiary alicyclic amines) is 1. The number of carbonyl (C=O) groups is 1. The number of piperidine rings is 1. The van der Waals surface area contributed by atoms with E-state index in [0.29, 0.717) is 0 Å². The van der Waals surface area contributed by atoms with Crippen LogP contribution in [0.25, 0.3) is 0 Å². The molecule has 2 aromatic rings. The first kappa shape index (κ1) is 6.88. The minimum absolute atomic E-state index is 0.0678. The van der Waals surface area contributed by atoms with E-state index in [0.717, 1.165) is 12.1 Å². The van der Waals surface area contributed by atoms with E-state index in [-0.39, 0.29) is 11.5 Å². The summed E-state index contributed by atoms with van der Waals surface area (Å²) < 4.78 is 173. The summed E-state index contributed by atoms with van der Waals surface area (Å²) >= 11 is 0. The number of benzene rings is 2. The van der Waals surface area contributed by atoms with E-state index in [1.54, 1.807) is 0 Å². The molecule has 0 spiro atoms. The third kappa shape index (κ3) is 3.93. The van der Waals surface area contributed by atoms with Crippen LogP contribution in [-0.4, -0.2) is 37.9 Å². The number of methoxy groups -OCH3 is 2. The van der Waals surface area contributed by atoms with Gasteiger partial charge in [-0.2, -0.15) is 0 Å². The van der Waals surface area contributed by atoms with Gasteiger partial charge in [-0.25, -0.2) is 0 Å². The Morgan fingerprint density at radius 1 is 1.18 bits per heavy atom. The highest BCUT2D eigenvalue weighted by Crippen LogP contribution is 2.39. The van der Waals surface area contributed by atoms with Crippen LogP contribution in [0.2, 0.25) is 0 Å². The van der Waals surface area contributed by atoms with E-state index < -0.39 is 114 Å². The number of hydrogen-bond acceptors (Lipinski definition) is 4. The van der Waals surface area contributed by atoms with Crippen molar-refractivity contribution in [3.8, 4) is 11.5 Å². The van der Waals surface area contributed by atoms with Gasteiger partial charge >= 0.3 is 0 Å². The number of fused-ring (bicyclic) bond motifs is 1. The zero-order valence-electron chi connectivity index (χ0n) is 34.0. The number of ether oxygens (including phenoxy) is 2. The van der Waals surface area contributed by atoms with Gasteiger partial charge < -0.3 is 9.47 Å². The van der Waals surface area contributed by atoms with Crippen LogP contribution in [0.4, 0.5) is 0 Å². The van der Waals surface area contributed by atoms with Gasteiger partial charge in [0.15, 0.2) is 17.3 Å². The lowest BCUT2D eigenvalue weighted by Gasteiger charge is -2.32. The van der Waals surface area contributed by atoms with E-state index in [2.05, 4.69) is 0 Å². The maximum Gasteiger partial charge on any atom is 0.166 e. The molecule has 1 aliphatic carbocycles. The molecule has 1 atom stereocenters. The van der Waals surface area contributed by atoms with Crippen molar-refractivity contribution in [3.05, 3.63) is 59.0 Å². The Morgan fingerprint density at radius 2 is 1.86 bits per heavy atom. The molecular formula is C24H29NO3. The Balaban J connectivity index is 1.97. The van der Waals surface area contributed by atoms with Crippen molar-refractivity contribution in [1.29, 1.82) is 0 Å². The average Bonchev–Trinajstić information content (AvgIpc) is 3.09. The SMILES string of the molecule is [2H]c1c([2H])c([2H])c(C([2H])([2H])N2C([2H])([2H])C([2H])([2H])C([2H])(CC3([2H])C(=O)c4cc(OC)c(OC)cc4C3([2H])[2H])C([2H])([2H])C2([2H])[2H])c([2H])c1[2H]. The summed E-state index contributed by atoms with van der Waals surface area (Å²) in [6.07, 6.45) is -13.1. The molecule has 1 aliphatic heterocycles. The molecule has 0 radical (unpaired) electrons. The molecule has 148 valence electrons. The minimum atomic E-state index is -4.14. The molecule has 0 saturated carbocycles. The quantitative estimate of drug-likeness (QED) is 0.725. The van der Waals surface area contributed by atoms with E-state index in [1.165, 1.54) is 14.2 Å². The molecule has 1 saturated heterocycles. The highest BCUT2D eigenvalue weighted by Gasteiger charge is 2.34. The number of nitrogens with zero attached hydrogens (tertiary/aromatic N) is 1. The number of hydrogen-bond donors (Lipinski definition) is 0. The van der Waals surface area contributed by atoms with Crippen molar-refractivity contribution < 1.29 is 40.3 Å². The second kappa shape index (κ2) is 8.36. The summed E-state index contributed by atoms with van der Waals surface area (Å²) in [5.74, 6) is -8.68. The molecule has 4 nitrogen and oxygen atoms in total. The van der Waals surface area contributed by atoms with Crippen LogP contribution in [0, 0.1) is 11.8 Å². The molecule has 0 aromatic heterocycles. The number of carbonyl (C=O) groups excluding carboxylic acids is 1. The minimum Gasteiger partial charge on any atom is -0.493 e. The summed E-state index contributed by atoms with van der Waals surface area (Å²) in [6.45, 7) is -12.2. The van der Waals surface area contributed by atoms with Crippen molar-refractivity contribution in [2.75, 3.05) is 27.2 Å². The Morgan fingerprint density at radius 3 is 2.54 bits per heavy atom. The number of rotatable bonds is 6. The van der Waals surface area contributed by atoms with Gasteiger partial charge in [0, 0.05) is 37.1 Å². The van der Waals surface area contributed by atoms with Crippen LogP contribution in [0.1, 0.15) is 66.7 Å². The van der Waals surface area contributed by atoms with Crippen molar-refractivity contribution in [1.82, 2.24) is 4.90 Å². The molecule has 0 amide bonds. The zero-order chi connectivity index (χ0) is 36.5. The van der Waals surface area contributed by atoms with Gasteiger partial charge in [-0.3, -0.25) is 9.69 Å². The third-order valence-corrected chi connectivity index (χ3v) is 4.04. The van der Waals surface area contributed by atoms with Gasteiger partial charge in [0.05, 0.1) is 21.1 Å². The fourth-order valence-corrected chi connectivity index (χ4v) is 2.72. The summed E-state index contributed by atoms with van der Waals surface area (Å²) in [5.41, 5.74) is -2.29. The van der Waals surface area contributed by atoms with Gasteiger partial charge in [-0.15, -0.1) is 0 Å². The highest BCUT2D eigenvalue weighted by atomic mass is 16.5. The monoisotopic (exact) mass is 398 g/mol. The van der Waals surface area contributed by atoms with E-state index in [1.807, 2.05) is 0 Å². The number of Topliss-reactive ketones (excluding diaryl/α,β-unsaturated/α-hetero) is 1. The maximum atomic E-state index is 13.7. The Bertz CT molecular complexity index is 1620. The third-order valence-electron chi connectivity index (χ3n) is 4.04. The smallest absolute Gasteiger partial charge is 0.166 e. The van der Waals surface area contributed by atoms with Crippen LogP contribution < -0.4 is 9.47 Å². The number of ketones is 1. The first-order valence-corrected chi connectivity index (χ1v) is 8.21. The van der Waals surface area contributed by atoms with Crippen molar-refractivity contribution in [2.45, 2.75) is 32.0 Å². The lowest BCUT2D eigenvalue weighted by Crippen LogP contribution is -2.34. The summed E-state index contributed by atoms with van der Waals surface area (Å²) in [6, 6.07) is -3.64. The van der Waals surface area contributed by atoms with Gasteiger partial charge in [0.1, 0.15) is 0 Å². The first-order valence-electron chi connectivity index (χ1n) is 17.7. The van der Waals surface area contributed by atoms with E-state index >= 15 is 0 Å². The molecule has 1 heterocycles. The Labute approximate surface area is 194 Å². The highest BCUT2D eigenvalue weighted by molar-refractivity contribution is 6.02. The predicted molar refractivity (Wildman–Crippen MR) is 110 cm³/mol. The van der Waals surface area contributed by atoms with Crippen LogP contribution in [-0.2, 0) is 12.9 Å². The average molecular weight is 399 g/mol. The first-order chi connectivity index (χ1) is 21.0.